The summed E-state index contributed by atoms with van der Waals surface area (Å²) in [6, 6.07) is 27.4. The molecule has 0 aliphatic carbocycles. The second kappa shape index (κ2) is 13.6. The molecular weight excluding hydrogens is 585 g/mol. The maximum atomic E-state index is 13.2. The Morgan fingerprint density at radius 2 is 1.58 bits per heavy atom. The summed E-state index contributed by atoms with van der Waals surface area (Å²) in [6.45, 7) is 4.02. The molecule has 0 bridgehead atoms. The SMILES string of the molecule is COc1ccc(C(=S)NC(=N)c2cccc(CN(C(=O)Oc3ccc(-c4ccccc4S(N)(=O)=O)cc3)C(C)C)c2)cc1. The molecule has 9 nitrogen and oxygen atoms in total. The van der Waals surface area contributed by atoms with Crippen LogP contribution in [-0.2, 0) is 16.6 Å². The van der Waals surface area contributed by atoms with Gasteiger partial charge >= 0.3 is 6.09 Å². The van der Waals surface area contributed by atoms with E-state index in [0.29, 0.717) is 33.2 Å². The quantitative estimate of drug-likeness (QED) is 0.125. The van der Waals surface area contributed by atoms with E-state index in [1.807, 2.05) is 44.2 Å². The first-order valence-electron chi connectivity index (χ1n) is 13.3. The molecule has 0 saturated heterocycles. The van der Waals surface area contributed by atoms with Crippen molar-refractivity contribution in [2.24, 2.45) is 5.14 Å². The molecule has 0 aliphatic heterocycles. The molecule has 222 valence electrons. The van der Waals surface area contributed by atoms with Crippen LogP contribution in [0.3, 0.4) is 0 Å². The minimum Gasteiger partial charge on any atom is -0.497 e. The maximum Gasteiger partial charge on any atom is 0.415 e. The lowest BCUT2D eigenvalue weighted by atomic mass is 10.1. The summed E-state index contributed by atoms with van der Waals surface area (Å²) in [5, 5.41) is 16.9. The van der Waals surface area contributed by atoms with Gasteiger partial charge in [-0.25, -0.2) is 18.4 Å². The number of ether oxygens (including phenoxy) is 2. The van der Waals surface area contributed by atoms with Crippen LogP contribution in [0.5, 0.6) is 11.5 Å². The Morgan fingerprint density at radius 3 is 2.21 bits per heavy atom. The minimum absolute atomic E-state index is 0.0128. The van der Waals surface area contributed by atoms with Crippen LogP contribution in [0.25, 0.3) is 11.1 Å². The van der Waals surface area contributed by atoms with Crippen molar-refractivity contribution in [3.63, 3.8) is 0 Å². The second-order valence-electron chi connectivity index (χ2n) is 9.91. The average molecular weight is 617 g/mol. The van der Waals surface area contributed by atoms with Crippen molar-refractivity contribution in [2.75, 3.05) is 7.11 Å². The molecule has 0 fully saturated rings. The fourth-order valence-electron chi connectivity index (χ4n) is 4.30. The number of primary sulfonamides is 1. The number of hydrogen-bond donors (Lipinski definition) is 3. The molecule has 4 aromatic rings. The van der Waals surface area contributed by atoms with Gasteiger partial charge in [0.25, 0.3) is 0 Å². The van der Waals surface area contributed by atoms with Crippen molar-refractivity contribution >= 4 is 39.2 Å². The average Bonchev–Trinajstić information content (AvgIpc) is 2.99. The highest BCUT2D eigenvalue weighted by molar-refractivity contribution is 7.89. The predicted molar refractivity (Wildman–Crippen MR) is 171 cm³/mol. The number of benzene rings is 4. The number of carbonyl (C=O) groups excluding carboxylic acids is 1. The highest BCUT2D eigenvalue weighted by Crippen LogP contribution is 2.28. The molecule has 0 radical (unpaired) electrons. The molecule has 0 atom stereocenters. The number of carbonyl (C=O) groups is 1. The molecule has 4 rings (SSSR count). The number of thiocarbonyl (C=S) groups is 1. The van der Waals surface area contributed by atoms with Crippen molar-refractivity contribution in [3.8, 4) is 22.6 Å². The van der Waals surface area contributed by atoms with E-state index in [4.69, 9.17) is 32.2 Å². The van der Waals surface area contributed by atoms with Crippen molar-refractivity contribution in [1.82, 2.24) is 10.2 Å². The van der Waals surface area contributed by atoms with Gasteiger partial charge in [0.1, 0.15) is 22.3 Å². The van der Waals surface area contributed by atoms with Crippen LogP contribution in [0.15, 0.2) is 102 Å². The largest absolute Gasteiger partial charge is 0.497 e. The maximum absolute atomic E-state index is 13.2. The summed E-state index contributed by atoms with van der Waals surface area (Å²) in [7, 11) is -2.32. The summed E-state index contributed by atoms with van der Waals surface area (Å²) >= 11 is 5.47. The summed E-state index contributed by atoms with van der Waals surface area (Å²) in [5.74, 6) is 1.15. The predicted octanol–water partition coefficient (Wildman–Crippen LogP) is 5.71. The zero-order valence-electron chi connectivity index (χ0n) is 23.9. The van der Waals surface area contributed by atoms with Crippen LogP contribution < -0.4 is 19.9 Å². The van der Waals surface area contributed by atoms with Gasteiger partial charge in [-0.1, -0.05) is 60.7 Å². The Hall–Kier alpha value is -4.58. The first kappa shape index (κ1) is 31.4. The van der Waals surface area contributed by atoms with Gasteiger partial charge in [-0.3, -0.25) is 5.41 Å². The number of amidine groups is 1. The van der Waals surface area contributed by atoms with Crippen molar-refractivity contribution < 1.29 is 22.7 Å². The number of rotatable bonds is 9. The number of nitrogens with two attached hydrogens (primary N) is 1. The zero-order valence-corrected chi connectivity index (χ0v) is 25.5. The van der Waals surface area contributed by atoms with E-state index >= 15 is 0 Å². The van der Waals surface area contributed by atoms with Crippen LogP contribution in [0.1, 0.15) is 30.5 Å². The van der Waals surface area contributed by atoms with E-state index in [2.05, 4.69) is 5.32 Å². The molecular formula is C32H32N4O5S2. The Morgan fingerprint density at radius 1 is 0.930 bits per heavy atom. The van der Waals surface area contributed by atoms with E-state index in [9.17, 15) is 13.2 Å². The first-order valence-corrected chi connectivity index (χ1v) is 15.3. The Balaban J connectivity index is 1.44. The Labute approximate surface area is 256 Å². The van der Waals surface area contributed by atoms with Gasteiger partial charge in [-0.15, -0.1) is 0 Å². The third-order valence-electron chi connectivity index (χ3n) is 6.58. The molecule has 0 aliphatic rings. The van der Waals surface area contributed by atoms with Crippen molar-refractivity contribution in [3.05, 3.63) is 114 Å². The molecule has 43 heavy (non-hydrogen) atoms. The van der Waals surface area contributed by atoms with Gasteiger partial charge in [0, 0.05) is 29.3 Å². The lowest BCUT2D eigenvalue weighted by Gasteiger charge is -2.26. The number of amides is 1. The molecule has 4 aromatic carbocycles. The van der Waals surface area contributed by atoms with Crippen LogP contribution >= 0.6 is 12.2 Å². The number of nitrogens with zero attached hydrogens (tertiary/aromatic N) is 1. The number of nitrogens with one attached hydrogen (secondary N) is 2. The fraction of sp³-hybridized carbons (Fsp3) is 0.156. The van der Waals surface area contributed by atoms with E-state index in [1.165, 1.54) is 6.07 Å². The van der Waals surface area contributed by atoms with Gasteiger partial charge in [-0.05, 0) is 73.5 Å². The van der Waals surface area contributed by atoms with Gasteiger partial charge in [0.2, 0.25) is 10.0 Å². The van der Waals surface area contributed by atoms with Gasteiger partial charge < -0.3 is 19.7 Å². The number of hydrogen-bond acceptors (Lipinski definition) is 7. The number of sulfonamides is 1. The van der Waals surface area contributed by atoms with Gasteiger partial charge in [0.05, 0.1) is 12.0 Å². The van der Waals surface area contributed by atoms with E-state index in [0.717, 1.165) is 11.1 Å². The molecule has 0 unspecified atom stereocenters. The van der Waals surface area contributed by atoms with E-state index in [-0.39, 0.29) is 23.3 Å². The fourth-order valence-corrected chi connectivity index (χ4v) is 5.29. The van der Waals surface area contributed by atoms with Crippen LogP contribution in [-0.4, -0.2) is 43.4 Å². The topological polar surface area (TPSA) is 135 Å². The lowest BCUT2D eigenvalue weighted by molar-refractivity contribution is 0.135. The highest BCUT2D eigenvalue weighted by Gasteiger charge is 2.21. The third kappa shape index (κ3) is 8.04. The molecule has 11 heteroatoms. The molecule has 1 amide bonds. The molecule has 0 heterocycles. The zero-order chi connectivity index (χ0) is 31.1. The smallest absolute Gasteiger partial charge is 0.415 e. The standard InChI is InChI=1S/C32H32N4O5S2/c1-21(2)36(32(37)41-27-17-11-23(12-18-27)28-9-4-5-10-29(28)43(34,38)39)20-22-7-6-8-25(19-22)30(33)35-31(42)24-13-15-26(40-3)16-14-24/h4-19,21H,20H2,1-3H3,(H2,33,35,42)(H2,34,38,39). The normalized spacial score (nSPS) is 11.1. The Bertz CT molecular complexity index is 1740. The number of methoxy groups -OCH3 is 1. The Kier molecular flexibility index (Phi) is 9.92. The van der Waals surface area contributed by atoms with Crippen LogP contribution in [0.2, 0.25) is 0 Å². The van der Waals surface area contributed by atoms with Gasteiger partial charge in [-0.2, -0.15) is 0 Å². The molecule has 0 spiro atoms. The minimum atomic E-state index is -3.91. The van der Waals surface area contributed by atoms with Crippen molar-refractivity contribution in [1.29, 1.82) is 5.41 Å². The third-order valence-corrected chi connectivity index (χ3v) is 7.89. The first-order chi connectivity index (χ1) is 20.5. The molecule has 0 aromatic heterocycles. The molecule has 4 N–H and O–H groups in total. The van der Waals surface area contributed by atoms with Crippen molar-refractivity contribution in [2.45, 2.75) is 31.3 Å². The summed E-state index contributed by atoms with van der Waals surface area (Å²) in [4.78, 5) is 15.2. The molecule has 0 saturated carbocycles. The monoisotopic (exact) mass is 616 g/mol. The van der Waals surface area contributed by atoms with Crippen LogP contribution in [0.4, 0.5) is 4.79 Å². The lowest BCUT2D eigenvalue weighted by Crippen LogP contribution is -2.38. The second-order valence-corrected chi connectivity index (χ2v) is 11.9. The summed E-state index contributed by atoms with van der Waals surface area (Å²) in [6.07, 6.45) is -0.549. The highest BCUT2D eigenvalue weighted by atomic mass is 32.2. The summed E-state index contributed by atoms with van der Waals surface area (Å²) < 4.78 is 34.8. The summed E-state index contributed by atoms with van der Waals surface area (Å²) in [5.41, 5.74) is 3.24. The van der Waals surface area contributed by atoms with E-state index in [1.54, 1.807) is 72.7 Å². The van der Waals surface area contributed by atoms with Gasteiger partial charge in [0.15, 0.2) is 0 Å². The van der Waals surface area contributed by atoms with E-state index < -0.39 is 16.1 Å². The van der Waals surface area contributed by atoms with Crippen LogP contribution in [0, 0.1) is 5.41 Å².